The van der Waals surface area contributed by atoms with E-state index in [1.54, 1.807) is 0 Å². The summed E-state index contributed by atoms with van der Waals surface area (Å²) < 4.78 is 10.4. The Morgan fingerprint density at radius 1 is 1.26 bits per heavy atom. The highest BCUT2D eigenvalue weighted by molar-refractivity contribution is 5.92. The number of aliphatic hydroxyl groups excluding tert-OH is 4. The van der Waals surface area contributed by atoms with Crippen LogP contribution in [0.2, 0.25) is 0 Å². The van der Waals surface area contributed by atoms with Crippen molar-refractivity contribution in [2.75, 3.05) is 6.61 Å². The number of ether oxygens (including phenoxy) is 1. The van der Waals surface area contributed by atoms with Crippen LogP contribution in [0.25, 0.3) is 0 Å². The first-order chi connectivity index (χ1) is 8.97. The van der Waals surface area contributed by atoms with Crippen LogP contribution in [-0.2, 0) is 4.74 Å². The monoisotopic (exact) mass is 272 g/mol. The van der Waals surface area contributed by atoms with Crippen molar-refractivity contribution in [1.29, 1.82) is 0 Å². The molecule has 4 N–H and O–H groups in total. The average molecular weight is 272 g/mol. The van der Waals surface area contributed by atoms with Gasteiger partial charge in [0.05, 0.1) is 12.9 Å². The van der Waals surface area contributed by atoms with Crippen molar-refractivity contribution < 1.29 is 34.4 Å². The summed E-state index contributed by atoms with van der Waals surface area (Å²) in [6, 6.07) is 1.45. The Hall–Kier alpha value is -1.25. The SMILES string of the molecule is CC(=O)c1occc1C1O[C@H](CO)[C@@H](O)[C@H](O)[C@H]1O. The van der Waals surface area contributed by atoms with E-state index in [2.05, 4.69) is 0 Å². The van der Waals surface area contributed by atoms with E-state index in [9.17, 15) is 20.1 Å². The molecule has 0 spiro atoms. The molecule has 7 heteroatoms. The van der Waals surface area contributed by atoms with Crippen LogP contribution in [0.3, 0.4) is 0 Å². The maximum Gasteiger partial charge on any atom is 0.195 e. The van der Waals surface area contributed by atoms with E-state index in [-0.39, 0.29) is 17.1 Å². The van der Waals surface area contributed by atoms with Crippen LogP contribution >= 0.6 is 0 Å². The van der Waals surface area contributed by atoms with Crippen LogP contribution in [0.5, 0.6) is 0 Å². The third-order valence-electron chi connectivity index (χ3n) is 3.21. The fourth-order valence-electron chi connectivity index (χ4n) is 2.19. The van der Waals surface area contributed by atoms with Crippen LogP contribution in [-0.4, -0.2) is 57.2 Å². The maximum atomic E-state index is 11.4. The molecule has 7 nitrogen and oxygen atoms in total. The topological polar surface area (TPSA) is 120 Å². The Labute approximate surface area is 109 Å². The van der Waals surface area contributed by atoms with Crippen LogP contribution in [0, 0.1) is 0 Å². The van der Waals surface area contributed by atoms with Gasteiger partial charge in [0.25, 0.3) is 0 Å². The van der Waals surface area contributed by atoms with Gasteiger partial charge in [-0.3, -0.25) is 4.79 Å². The smallest absolute Gasteiger partial charge is 0.195 e. The summed E-state index contributed by atoms with van der Waals surface area (Å²) in [7, 11) is 0. The van der Waals surface area contributed by atoms with E-state index in [0.29, 0.717) is 0 Å². The number of hydrogen-bond donors (Lipinski definition) is 4. The van der Waals surface area contributed by atoms with Gasteiger partial charge in [0.2, 0.25) is 0 Å². The number of hydrogen-bond acceptors (Lipinski definition) is 7. The van der Waals surface area contributed by atoms with Gasteiger partial charge in [-0.1, -0.05) is 0 Å². The predicted octanol–water partition coefficient (Wildman–Crippen LogP) is -1.00. The highest BCUT2D eigenvalue weighted by atomic mass is 16.5. The number of rotatable bonds is 3. The minimum absolute atomic E-state index is 0.0179. The molecule has 1 aliphatic rings. The number of carbonyl (C=O) groups is 1. The molecule has 1 fully saturated rings. The Morgan fingerprint density at radius 3 is 2.53 bits per heavy atom. The van der Waals surface area contributed by atoms with Crippen molar-refractivity contribution in [3.05, 3.63) is 23.7 Å². The Morgan fingerprint density at radius 2 is 1.95 bits per heavy atom. The highest BCUT2D eigenvalue weighted by Gasteiger charge is 2.45. The molecule has 106 valence electrons. The Balaban J connectivity index is 2.32. The molecular weight excluding hydrogens is 256 g/mol. The molecule has 5 atom stereocenters. The van der Waals surface area contributed by atoms with Gasteiger partial charge < -0.3 is 29.6 Å². The second-order valence-electron chi connectivity index (χ2n) is 4.51. The molecule has 0 bridgehead atoms. The van der Waals surface area contributed by atoms with Crippen LogP contribution in [0.15, 0.2) is 16.7 Å². The fourth-order valence-corrected chi connectivity index (χ4v) is 2.19. The standard InChI is InChI=1S/C12H16O7/c1-5(14)11-6(2-3-18-11)12-10(17)9(16)8(15)7(4-13)19-12/h2-3,7-10,12-13,15-17H,4H2,1H3/t7-,8-,9+,10-,12?/m1/s1. The Bertz CT molecular complexity index is 453. The summed E-state index contributed by atoms with van der Waals surface area (Å²) in [4.78, 5) is 11.4. The minimum Gasteiger partial charge on any atom is -0.461 e. The van der Waals surface area contributed by atoms with Crippen molar-refractivity contribution in [2.45, 2.75) is 37.4 Å². The first-order valence-corrected chi connectivity index (χ1v) is 5.86. The molecule has 0 amide bonds. The second kappa shape index (κ2) is 5.40. The number of furan rings is 1. The third kappa shape index (κ3) is 2.43. The van der Waals surface area contributed by atoms with Gasteiger partial charge in [0.1, 0.15) is 30.5 Å². The van der Waals surface area contributed by atoms with Crippen LogP contribution in [0.4, 0.5) is 0 Å². The lowest BCUT2D eigenvalue weighted by Gasteiger charge is -2.39. The molecule has 19 heavy (non-hydrogen) atoms. The lowest BCUT2D eigenvalue weighted by molar-refractivity contribution is -0.231. The number of aliphatic hydroxyl groups is 4. The molecule has 2 heterocycles. The van der Waals surface area contributed by atoms with E-state index in [0.717, 1.165) is 0 Å². The van der Waals surface area contributed by atoms with E-state index in [1.807, 2.05) is 0 Å². The summed E-state index contributed by atoms with van der Waals surface area (Å²) >= 11 is 0. The van der Waals surface area contributed by atoms with Gasteiger partial charge in [0.15, 0.2) is 11.5 Å². The zero-order valence-electron chi connectivity index (χ0n) is 10.3. The van der Waals surface area contributed by atoms with Crippen molar-refractivity contribution in [3.63, 3.8) is 0 Å². The quantitative estimate of drug-likeness (QED) is 0.521. The highest BCUT2D eigenvalue weighted by Crippen LogP contribution is 2.34. The van der Waals surface area contributed by atoms with Crippen LogP contribution in [0.1, 0.15) is 29.1 Å². The van der Waals surface area contributed by atoms with Gasteiger partial charge in [0, 0.05) is 12.5 Å². The molecule has 1 aliphatic heterocycles. The first-order valence-electron chi connectivity index (χ1n) is 5.86. The Kier molecular flexibility index (Phi) is 4.02. The lowest BCUT2D eigenvalue weighted by atomic mass is 9.91. The average Bonchev–Trinajstić information content (AvgIpc) is 2.85. The predicted molar refractivity (Wildman–Crippen MR) is 61.4 cm³/mol. The molecule has 0 aliphatic carbocycles. The molecule has 1 aromatic rings. The van der Waals surface area contributed by atoms with Crippen molar-refractivity contribution >= 4 is 5.78 Å². The zero-order valence-corrected chi connectivity index (χ0v) is 10.3. The number of Topliss-reactive ketones (excluding diaryl/α,β-unsaturated/α-hetero) is 1. The molecule has 0 aromatic carbocycles. The van der Waals surface area contributed by atoms with Gasteiger partial charge in [-0.05, 0) is 6.07 Å². The zero-order chi connectivity index (χ0) is 14.2. The van der Waals surface area contributed by atoms with Gasteiger partial charge >= 0.3 is 0 Å². The summed E-state index contributed by atoms with van der Waals surface area (Å²) in [5.74, 6) is -0.332. The summed E-state index contributed by atoms with van der Waals surface area (Å²) in [5.41, 5.74) is 0.282. The molecule has 1 saturated heterocycles. The molecular formula is C12H16O7. The summed E-state index contributed by atoms with van der Waals surface area (Å²) in [6.07, 6.45) is -5.12. The van der Waals surface area contributed by atoms with Crippen molar-refractivity contribution in [2.24, 2.45) is 0 Å². The minimum atomic E-state index is -1.48. The second-order valence-corrected chi connectivity index (χ2v) is 4.51. The van der Waals surface area contributed by atoms with Crippen LogP contribution < -0.4 is 0 Å². The number of ketones is 1. The van der Waals surface area contributed by atoms with E-state index < -0.39 is 37.1 Å². The van der Waals surface area contributed by atoms with E-state index in [1.165, 1.54) is 19.3 Å². The lowest BCUT2D eigenvalue weighted by Crippen LogP contribution is -2.55. The number of carbonyl (C=O) groups excluding carboxylic acids is 1. The largest absolute Gasteiger partial charge is 0.461 e. The first kappa shape index (κ1) is 14.2. The summed E-state index contributed by atoms with van der Waals surface area (Å²) in [6.45, 7) is 0.779. The van der Waals surface area contributed by atoms with Crippen molar-refractivity contribution in [1.82, 2.24) is 0 Å². The van der Waals surface area contributed by atoms with Gasteiger partial charge in [-0.15, -0.1) is 0 Å². The van der Waals surface area contributed by atoms with E-state index in [4.69, 9.17) is 14.3 Å². The van der Waals surface area contributed by atoms with Gasteiger partial charge in [-0.2, -0.15) is 0 Å². The maximum absolute atomic E-state index is 11.4. The normalized spacial score (nSPS) is 35.3. The molecule has 1 unspecified atom stereocenters. The third-order valence-corrected chi connectivity index (χ3v) is 3.21. The summed E-state index contributed by atoms with van der Waals surface area (Å²) in [5, 5.41) is 38.4. The molecule has 0 radical (unpaired) electrons. The van der Waals surface area contributed by atoms with E-state index >= 15 is 0 Å². The molecule has 1 aromatic heterocycles. The van der Waals surface area contributed by atoms with Crippen molar-refractivity contribution in [3.8, 4) is 0 Å². The fraction of sp³-hybridized carbons (Fsp3) is 0.583. The molecule has 2 rings (SSSR count). The molecule has 0 saturated carbocycles. The van der Waals surface area contributed by atoms with Gasteiger partial charge in [-0.25, -0.2) is 0 Å².